The van der Waals surface area contributed by atoms with Gasteiger partial charge < -0.3 is 17.7 Å². The van der Waals surface area contributed by atoms with Gasteiger partial charge in [0.25, 0.3) is 0 Å². The fraction of sp³-hybridized carbons (Fsp3) is 1.00. The Bertz CT molecular complexity index is 9.61. The van der Waals surface area contributed by atoms with Crippen molar-refractivity contribution in [2.24, 2.45) is 0 Å². The number of hydrogen-bond acceptors (Lipinski definition) is 0. The van der Waals surface area contributed by atoms with E-state index in [9.17, 15) is 0 Å². The second-order valence-electron chi connectivity index (χ2n) is 0.447. The normalized spacial score (nSPS) is 3.60. The van der Waals surface area contributed by atoms with Crippen LogP contribution in [-0.2, 0) is 21.7 Å². The third kappa shape index (κ3) is 46.9. The second-order valence-corrected chi connectivity index (χ2v) is 0.447. The van der Waals surface area contributed by atoms with Gasteiger partial charge in [0, 0.05) is 0 Å². The molecule has 0 unspecified atom stereocenters. The topological polar surface area (TPSA) is 14.1 Å². The molecule has 0 radical (unpaired) electrons. The zero-order valence-corrected chi connectivity index (χ0v) is 5.64. The van der Waals surface area contributed by atoms with Gasteiger partial charge in [-0.2, -0.15) is 14.1 Å². The molecule has 0 bridgehead atoms. The molecule has 0 spiro atoms. The predicted octanol–water partition coefficient (Wildman–Crippen LogP) is -2.38. The Labute approximate surface area is 53.8 Å². The Morgan fingerprint density at radius 2 is 1.20 bits per heavy atom. The maximum Gasteiger partial charge on any atom is 2.00 e. The van der Waals surface area contributed by atoms with E-state index in [-0.39, 0.29) is 34.1 Å². The van der Waals surface area contributed by atoms with Crippen LogP contribution in [0.25, 0.3) is 5.32 Å². The third-order valence-corrected chi connectivity index (χ3v) is 0. The summed E-state index contributed by atoms with van der Waals surface area (Å²) in [6.07, 6.45) is 0. The molecule has 3 heteroatoms. The van der Waals surface area contributed by atoms with Gasteiger partial charge in [-0.05, 0) is 0 Å². The van der Waals surface area contributed by atoms with E-state index in [0.717, 1.165) is 0 Å². The van der Waals surface area contributed by atoms with Crippen molar-refractivity contribution >= 4 is 0 Å². The van der Waals surface area contributed by atoms with Gasteiger partial charge in [0.2, 0.25) is 0 Å². The first-order chi connectivity index (χ1) is 1.41. The molecule has 0 fully saturated rings. The monoisotopic (exact) mass is 127 g/mol. The summed E-state index contributed by atoms with van der Waals surface area (Å²) in [5.74, 6) is 0. The SMILES string of the molecule is C[N-]C.[Cl-].[Ti+2]. The van der Waals surface area contributed by atoms with Crippen molar-refractivity contribution in [3.05, 3.63) is 5.32 Å². The first-order valence-electron chi connectivity index (χ1n) is 0.894. The van der Waals surface area contributed by atoms with Crippen molar-refractivity contribution in [3.63, 3.8) is 0 Å². The van der Waals surface area contributed by atoms with E-state index >= 15 is 0 Å². The van der Waals surface area contributed by atoms with E-state index in [2.05, 4.69) is 5.32 Å². The molecule has 0 aromatic carbocycles. The maximum atomic E-state index is 3.50. The molecule has 0 aromatic heterocycles. The summed E-state index contributed by atoms with van der Waals surface area (Å²) in [6.45, 7) is 0. The predicted molar refractivity (Wildman–Crippen MR) is 15.2 cm³/mol. The molecule has 0 aromatic rings. The molecular formula is C2H6ClNTi. The zero-order valence-electron chi connectivity index (χ0n) is 3.33. The van der Waals surface area contributed by atoms with Gasteiger partial charge >= 0.3 is 21.7 Å². The largest absolute Gasteiger partial charge is 2.00 e. The Balaban J connectivity index is -0.0000000200. The van der Waals surface area contributed by atoms with Crippen molar-refractivity contribution in [2.75, 3.05) is 14.1 Å². The number of hydrogen-bond donors (Lipinski definition) is 0. The standard InChI is InChI=1S/C2H6N.ClH.Ti/c1-3-2;;/h1-2H3;1H;/q-1;;+2/p-1. The van der Waals surface area contributed by atoms with E-state index in [4.69, 9.17) is 0 Å². The summed E-state index contributed by atoms with van der Waals surface area (Å²) >= 11 is 0. The van der Waals surface area contributed by atoms with E-state index in [1.54, 1.807) is 14.1 Å². The van der Waals surface area contributed by atoms with Crippen LogP contribution in [0.3, 0.4) is 0 Å². The van der Waals surface area contributed by atoms with Crippen molar-refractivity contribution < 1.29 is 34.1 Å². The first-order valence-corrected chi connectivity index (χ1v) is 0.894. The Kier molecular flexibility index (Phi) is 67.6. The van der Waals surface area contributed by atoms with Gasteiger partial charge in [-0.15, -0.1) is 0 Å². The molecule has 0 aliphatic heterocycles. The molecule has 0 saturated heterocycles. The van der Waals surface area contributed by atoms with Crippen molar-refractivity contribution in [1.29, 1.82) is 0 Å². The van der Waals surface area contributed by atoms with Crippen LogP contribution in [0.5, 0.6) is 0 Å². The van der Waals surface area contributed by atoms with Gasteiger partial charge in [-0.1, -0.05) is 0 Å². The van der Waals surface area contributed by atoms with Crippen LogP contribution in [0.1, 0.15) is 0 Å². The smallest absolute Gasteiger partial charge is 1.00 e. The summed E-state index contributed by atoms with van der Waals surface area (Å²) in [7, 11) is 3.50. The van der Waals surface area contributed by atoms with Gasteiger partial charge in [0.05, 0.1) is 0 Å². The number of rotatable bonds is 0. The molecule has 0 rings (SSSR count). The van der Waals surface area contributed by atoms with E-state index in [0.29, 0.717) is 0 Å². The summed E-state index contributed by atoms with van der Waals surface area (Å²) < 4.78 is 0. The van der Waals surface area contributed by atoms with Gasteiger partial charge in [-0.25, -0.2) is 0 Å². The molecule has 0 N–H and O–H groups in total. The van der Waals surface area contributed by atoms with Crippen molar-refractivity contribution in [3.8, 4) is 0 Å². The van der Waals surface area contributed by atoms with Gasteiger partial charge in [0.15, 0.2) is 0 Å². The van der Waals surface area contributed by atoms with Crippen LogP contribution < -0.4 is 12.4 Å². The minimum Gasteiger partial charge on any atom is -1.00 e. The Morgan fingerprint density at radius 1 is 1.20 bits per heavy atom. The summed E-state index contributed by atoms with van der Waals surface area (Å²) in [5.41, 5.74) is 0. The first kappa shape index (κ1) is 16.7. The minimum absolute atomic E-state index is 0. The third-order valence-electron chi connectivity index (χ3n) is 0. The Morgan fingerprint density at radius 3 is 1.20 bits per heavy atom. The number of nitrogens with zero attached hydrogens (tertiary/aromatic N) is 1. The molecule has 5 heavy (non-hydrogen) atoms. The van der Waals surface area contributed by atoms with Crippen LogP contribution in [0.2, 0.25) is 0 Å². The fourth-order valence-corrected chi connectivity index (χ4v) is 0. The van der Waals surface area contributed by atoms with Crippen LogP contribution in [0, 0.1) is 0 Å². The van der Waals surface area contributed by atoms with Crippen LogP contribution in [-0.4, -0.2) is 14.1 Å². The average Bonchev–Trinajstić information content (AvgIpc) is 0.918. The van der Waals surface area contributed by atoms with Crippen LogP contribution in [0.4, 0.5) is 0 Å². The average molecular weight is 127 g/mol. The fourth-order valence-electron chi connectivity index (χ4n) is 0. The second kappa shape index (κ2) is 20.2. The molecule has 0 atom stereocenters. The molecule has 1 nitrogen and oxygen atoms in total. The molecule has 30 valence electrons. The van der Waals surface area contributed by atoms with Gasteiger partial charge in [0.1, 0.15) is 0 Å². The molecule has 0 aliphatic rings. The van der Waals surface area contributed by atoms with Gasteiger partial charge in [-0.3, -0.25) is 0 Å². The molecule has 0 saturated carbocycles. The molecule has 0 amide bonds. The van der Waals surface area contributed by atoms with E-state index in [1.807, 2.05) is 0 Å². The molecular weight excluding hydrogens is 121 g/mol. The van der Waals surface area contributed by atoms with E-state index < -0.39 is 0 Å². The number of halogens is 1. The minimum atomic E-state index is 0. The molecule has 0 aliphatic carbocycles. The van der Waals surface area contributed by atoms with Crippen molar-refractivity contribution in [2.45, 2.75) is 0 Å². The van der Waals surface area contributed by atoms with Crippen molar-refractivity contribution in [1.82, 2.24) is 0 Å². The molecule has 0 heterocycles. The Hall–Kier alpha value is 0.964. The summed E-state index contributed by atoms with van der Waals surface area (Å²) in [5, 5.41) is 3.50. The summed E-state index contributed by atoms with van der Waals surface area (Å²) in [6, 6.07) is 0. The maximum absolute atomic E-state index is 3.50. The summed E-state index contributed by atoms with van der Waals surface area (Å²) in [4.78, 5) is 0. The van der Waals surface area contributed by atoms with E-state index in [1.165, 1.54) is 0 Å². The van der Waals surface area contributed by atoms with Crippen LogP contribution >= 0.6 is 0 Å². The quantitative estimate of drug-likeness (QED) is 0.323. The zero-order chi connectivity index (χ0) is 2.71. The van der Waals surface area contributed by atoms with Crippen LogP contribution in [0.15, 0.2) is 0 Å².